The Morgan fingerprint density at radius 1 is 0.625 bits per heavy atom. The second-order valence-electron chi connectivity index (χ2n) is 8.06. The number of para-hydroxylation sites is 1. The van der Waals surface area contributed by atoms with Gasteiger partial charge in [-0.05, 0) is 23.1 Å². The van der Waals surface area contributed by atoms with E-state index in [0.29, 0.717) is 0 Å². The zero-order valence-electron chi connectivity index (χ0n) is 17.2. The van der Waals surface area contributed by atoms with Crippen LogP contribution in [0.5, 0.6) is 0 Å². The predicted molar refractivity (Wildman–Crippen MR) is 131 cm³/mol. The van der Waals surface area contributed by atoms with Crippen LogP contribution in [0.4, 0.5) is 0 Å². The number of pyridine rings is 1. The Labute approximate surface area is 184 Å². The van der Waals surface area contributed by atoms with Crippen LogP contribution in [0.25, 0.3) is 60.5 Å². The van der Waals surface area contributed by atoms with Crippen molar-refractivity contribution in [1.82, 2.24) is 9.55 Å². The lowest BCUT2D eigenvalue weighted by Gasteiger charge is -2.13. The lowest BCUT2D eigenvalue weighted by molar-refractivity contribution is 0.618. The van der Waals surface area contributed by atoms with Gasteiger partial charge in [-0.15, -0.1) is 0 Å². The van der Waals surface area contributed by atoms with E-state index < -0.39 is 0 Å². The minimum atomic E-state index is 0.886. The van der Waals surface area contributed by atoms with Crippen molar-refractivity contribution in [2.24, 2.45) is 0 Å². The van der Waals surface area contributed by atoms with Gasteiger partial charge in [0.25, 0.3) is 0 Å². The van der Waals surface area contributed by atoms with Gasteiger partial charge < -0.3 is 4.42 Å². The first-order valence-electron chi connectivity index (χ1n) is 10.7. The van der Waals surface area contributed by atoms with Crippen LogP contribution in [0.3, 0.4) is 0 Å². The first-order valence-corrected chi connectivity index (χ1v) is 10.7. The molecule has 0 aliphatic rings. The zero-order chi connectivity index (χ0) is 21.1. The Hall–Kier alpha value is -4.37. The van der Waals surface area contributed by atoms with Crippen LogP contribution in [0.2, 0.25) is 0 Å². The summed E-state index contributed by atoms with van der Waals surface area (Å²) in [5, 5.41) is 5.74. The molecule has 3 heterocycles. The highest BCUT2D eigenvalue weighted by Gasteiger charge is 2.19. The summed E-state index contributed by atoms with van der Waals surface area (Å²) in [6.07, 6.45) is 3.76. The van der Waals surface area contributed by atoms with Crippen molar-refractivity contribution in [2.75, 3.05) is 0 Å². The number of hydrogen-bond acceptors (Lipinski definition) is 2. The Balaban J connectivity index is 1.66. The van der Waals surface area contributed by atoms with Gasteiger partial charge in [0, 0.05) is 33.3 Å². The molecule has 4 aromatic carbocycles. The van der Waals surface area contributed by atoms with E-state index in [9.17, 15) is 0 Å². The summed E-state index contributed by atoms with van der Waals surface area (Å²) in [7, 11) is 0. The average molecular weight is 410 g/mol. The Bertz CT molecular complexity index is 1770. The summed E-state index contributed by atoms with van der Waals surface area (Å²) in [6.45, 7) is 0. The minimum absolute atomic E-state index is 0.886. The van der Waals surface area contributed by atoms with Crippen LogP contribution in [0.1, 0.15) is 0 Å². The molecule has 0 spiro atoms. The van der Waals surface area contributed by atoms with Gasteiger partial charge in [-0.25, -0.2) is 4.98 Å². The van der Waals surface area contributed by atoms with E-state index in [2.05, 4.69) is 89.5 Å². The van der Waals surface area contributed by atoms with Gasteiger partial charge in [0.05, 0.1) is 17.3 Å². The standard InChI is InChI=1S/C29H18N2O/c1-2-8-19(9-3-1)25-18-30-29(24-12-5-4-10-21(24)25)31-26-13-7-6-11-22(26)23-15-14-20-16-17-32-28(20)27(23)31/h1-18H. The molecule has 0 saturated heterocycles. The summed E-state index contributed by atoms with van der Waals surface area (Å²) < 4.78 is 8.24. The first kappa shape index (κ1) is 17.3. The van der Waals surface area contributed by atoms with Crippen LogP contribution in [-0.2, 0) is 0 Å². The van der Waals surface area contributed by atoms with E-state index in [1.807, 2.05) is 18.3 Å². The van der Waals surface area contributed by atoms with Crippen LogP contribution in [0, 0.1) is 0 Å². The number of nitrogens with zero attached hydrogens (tertiary/aromatic N) is 2. The van der Waals surface area contributed by atoms with E-state index >= 15 is 0 Å². The molecule has 3 nitrogen and oxygen atoms in total. The Morgan fingerprint density at radius 3 is 2.25 bits per heavy atom. The van der Waals surface area contributed by atoms with Crippen molar-refractivity contribution < 1.29 is 4.42 Å². The number of aromatic nitrogens is 2. The van der Waals surface area contributed by atoms with Crippen LogP contribution in [-0.4, -0.2) is 9.55 Å². The molecule has 0 aliphatic carbocycles. The molecule has 3 heteroatoms. The molecule has 0 aliphatic heterocycles. The lowest BCUT2D eigenvalue weighted by atomic mass is 10.0. The zero-order valence-corrected chi connectivity index (χ0v) is 17.2. The van der Waals surface area contributed by atoms with E-state index in [-0.39, 0.29) is 0 Å². The molecule has 0 bridgehead atoms. The highest BCUT2D eigenvalue weighted by molar-refractivity contribution is 6.17. The molecule has 0 N–H and O–H groups in total. The molecule has 32 heavy (non-hydrogen) atoms. The maximum atomic E-state index is 5.98. The maximum Gasteiger partial charge on any atom is 0.158 e. The van der Waals surface area contributed by atoms with Gasteiger partial charge in [0.15, 0.2) is 5.58 Å². The predicted octanol–water partition coefficient (Wildman–Crippen LogP) is 7.75. The lowest BCUT2D eigenvalue weighted by Crippen LogP contribution is -2.00. The normalized spacial score (nSPS) is 11.8. The van der Waals surface area contributed by atoms with Crippen LogP contribution < -0.4 is 0 Å². The largest absolute Gasteiger partial charge is 0.462 e. The summed E-state index contributed by atoms with van der Waals surface area (Å²) in [5.41, 5.74) is 5.36. The number of rotatable bonds is 2. The highest BCUT2D eigenvalue weighted by Crippen LogP contribution is 2.39. The molecule has 7 aromatic rings. The third-order valence-electron chi connectivity index (χ3n) is 6.32. The van der Waals surface area contributed by atoms with Gasteiger partial charge in [-0.1, -0.05) is 84.9 Å². The fraction of sp³-hybridized carbons (Fsp3) is 0. The first-order chi connectivity index (χ1) is 15.9. The molecular formula is C29H18N2O. The number of benzene rings is 4. The summed E-state index contributed by atoms with van der Waals surface area (Å²) in [4.78, 5) is 5.04. The summed E-state index contributed by atoms with van der Waals surface area (Å²) >= 11 is 0. The van der Waals surface area contributed by atoms with Crippen molar-refractivity contribution in [3.63, 3.8) is 0 Å². The topological polar surface area (TPSA) is 31.0 Å². The third-order valence-corrected chi connectivity index (χ3v) is 6.32. The van der Waals surface area contributed by atoms with Gasteiger partial charge in [0.1, 0.15) is 5.82 Å². The van der Waals surface area contributed by atoms with Crippen LogP contribution in [0.15, 0.2) is 114 Å². The molecule has 7 rings (SSSR count). The average Bonchev–Trinajstić information content (AvgIpc) is 3.46. The summed E-state index contributed by atoms with van der Waals surface area (Å²) in [5.74, 6) is 0.912. The van der Waals surface area contributed by atoms with E-state index in [1.54, 1.807) is 6.26 Å². The molecule has 0 unspecified atom stereocenters. The van der Waals surface area contributed by atoms with Crippen molar-refractivity contribution in [3.8, 4) is 16.9 Å². The number of fused-ring (bicyclic) bond motifs is 6. The highest BCUT2D eigenvalue weighted by atomic mass is 16.3. The second kappa shape index (κ2) is 6.56. The Morgan fingerprint density at radius 2 is 1.38 bits per heavy atom. The summed E-state index contributed by atoms with van der Waals surface area (Å²) in [6, 6.07) is 33.8. The van der Waals surface area contributed by atoms with Crippen molar-refractivity contribution in [1.29, 1.82) is 0 Å². The molecule has 0 fully saturated rings. The SMILES string of the molecule is c1ccc(-c2cnc(-n3c4ccccc4c4ccc5ccoc5c43)c3ccccc23)cc1. The van der Waals surface area contributed by atoms with Crippen molar-refractivity contribution in [3.05, 3.63) is 110 Å². The van der Waals surface area contributed by atoms with Gasteiger partial charge in [0.2, 0.25) is 0 Å². The van der Waals surface area contributed by atoms with Crippen molar-refractivity contribution in [2.45, 2.75) is 0 Å². The second-order valence-corrected chi connectivity index (χ2v) is 8.06. The minimum Gasteiger partial charge on any atom is -0.462 e. The van der Waals surface area contributed by atoms with E-state index in [4.69, 9.17) is 9.40 Å². The number of hydrogen-bond donors (Lipinski definition) is 0. The molecule has 0 saturated carbocycles. The van der Waals surface area contributed by atoms with E-state index in [0.717, 1.165) is 38.8 Å². The fourth-order valence-corrected chi connectivity index (χ4v) is 4.90. The third kappa shape index (κ3) is 2.33. The van der Waals surface area contributed by atoms with Gasteiger partial charge >= 0.3 is 0 Å². The van der Waals surface area contributed by atoms with Gasteiger partial charge in [-0.2, -0.15) is 0 Å². The molecule has 0 atom stereocenters. The molecule has 3 aromatic heterocycles. The smallest absolute Gasteiger partial charge is 0.158 e. The quantitative estimate of drug-likeness (QED) is 0.292. The van der Waals surface area contributed by atoms with Crippen molar-refractivity contribution >= 4 is 43.5 Å². The van der Waals surface area contributed by atoms with E-state index in [1.165, 1.54) is 21.7 Å². The fourth-order valence-electron chi connectivity index (χ4n) is 4.90. The molecular weight excluding hydrogens is 392 g/mol. The molecule has 0 amide bonds. The number of furan rings is 1. The molecule has 0 radical (unpaired) electrons. The van der Waals surface area contributed by atoms with Gasteiger partial charge in [-0.3, -0.25) is 4.57 Å². The molecule has 150 valence electrons. The Kier molecular flexibility index (Phi) is 3.55. The monoisotopic (exact) mass is 410 g/mol. The maximum absolute atomic E-state index is 5.98. The van der Waals surface area contributed by atoms with Crippen LogP contribution >= 0.6 is 0 Å².